The van der Waals surface area contributed by atoms with Crippen LogP contribution in [0.4, 0.5) is 4.79 Å². The van der Waals surface area contributed by atoms with Crippen LogP contribution in [0.1, 0.15) is 25.1 Å². The normalized spacial score (nSPS) is 13.6. The van der Waals surface area contributed by atoms with E-state index in [4.69, 9.17) is 5.11 Å². The number of carbonyl (C=O) groups is 2. The Hall–Kier alpha value is -1.08. The lowest BCUT2D eigenvalue weighted by Gasteiger charge is -2.25. The fourth-order valence-electron chi connectivity index (χ4n) is 1.50. The number of nitrogens with one attached hydrogen (secondary N) is 1. The Kier molecular flexibility index (Phi) is 6.01. The molecule has 1 heterocycles. The Morgan fingerprint density at radius 3 is 2.65 bits per heavy atom. The highest BCUT2D eigenvalue weighted by Crippen LogP contribution is 2.22. The van der Waals surface area contributed by atoms with Gasteiger partial charge in [0.15, 0.2) is 0 Å². The molecule has 0 spiro atoms. The molecule has 1 aromatic rings. The van der Waals surface area contributed by atoms with Crippen LogP contribution in [0.2, 0.25) is 0 Å². The summed E-state index contributed by atoms with van der Waals surface area (Å²) in [5, 5.41) is 13.8. The third-order valence-electron chi connectivity index (χ3n) is 3.29. The minimum Gasteiger partial charge on any atom is -0.481 e. The third kappa shape index (κ3) is 4.49. The smallest absolute Gasteiger partial charge is 0.317 e. The SMILES string of the molecule is CCC(C)(CNC(=O)N(C)Cc1cc(Br)cs1)C(=O)O. The Morgan fingerprint density at radius 2 is 2.20 bits per heavy atom. The highest BCUT2D eigenvalue weighted by atomic mass is 79.9. The molecular formula is C13H19BrN2O3S. The van der Waals surface area contributed by atoms with Crippen molar-refractivity contribution in [3.8, 4) is 0 Å². The van der Waals surface area contributed by atoms with E-state index < -0.39 is 11.4 Å². The Bertz CT molecular complexity index is 492. The zero-order valence-corrected chi connectivity index (χ0v) is 14.2. The van der Waals surface area contributed by atoms with E-state index in [1.807, 2.05) is 11.4 Å². The van der Waals surface area contributed by atoms with Crippen LogP contribution in [0.3, 0.4) is 0 Å². The molecule has 0 fully saturated rings. The summed E-state index contributed by atoms with van der Waals surface area (Å²) < 4.78 is 0.996. The number of carbonyl (C=O) groups excluding carboxylic acids is 1. The number of nitrogens with zero attached hydrogens (tertiary/aromatic N) is 1. The van der Waals surface area contributed by atoms with Crippen LogP contribution in [-0.2, 0) is 11.3 Å². The van der Waals surface area contributed by atoms with E-state index in [0.29, 0.717) is 13.0 Å². The predicted octanol–water partition coefficient (Wildman–Crippen LogP) is 3.15. The number of rotatable bonds is 6. The summed E-state index contributed by atoms with van der Waals surface area (Å²) in [5.41, 5.74) is -0.928. The number of urea groups is 1. The summed E-state index contributed by atoms with van der Waals surface area (Å²) in [6, 6.07) is 1.69. The first kappa shape index (κ1) is 17.0. The topological polar surface area (TPSA) is 69.6 Å². The summed E-state index contributed by atoms with van der Waals surface area (Å²) >= 11 is 4.93. The lowest BCUT2D eigenvalue weighted by molar-refractivity contribution is -0.147. The number of amides is 2. The number of carboxylic acids is 1. The molecule has 0 radical (unpaired) electrons. The van der Waals surface area contributed by atoms with Crippen LogP contribution in [0.25, 0.3) is 0 Å². The average Bonchev–Trinajstić information content (AvgIpc) is 2.80. The van der Waals surface area contributed by atoms with Crippen LogP contribution in [0, 0.1) is 5.41 Å². The molecule has 0 saturated carbocycles. The van der Waals surface area contributed by atoms with E-state index in [1.165, 1.54) is 4.90 Å². The lowest BCUT2D eigenvalue weighted by Crippen LogP contribution is -2.44. The molecule has 0 saturated heterocycles. The van der Waals surface area contributed by atoms with Gasteiger partial charge in [-0.3, -0.25) is 4.79 Å². The molecule has 1 unspecified atom stereocenters. The number of hydrogen-bond donors (Lipinski definition) is 2. The third-order valence-corrected chi connectivity index (χ3v) is 4.97. The molecule has 20 heavy (non-hydrogen) atoms. The first-order valence-corrected chi connectivity index (χ1v) is 7.91. The predicted molar refractivity (Wildman–Crippen MR) is 82.9 cm³/mol. The van der Waals surface area contributed by atoms with Gasteiger partial charge in [-0.25, -0.2) is 4.79 Å². The van der Waals surface area contributed by atoms with Crippen molar-refractivity contribution in [2.45, 2.75) is 26.8 Å². The van der Waals surface area contributed by atoms with Gasteiger partial charge in [-0.2, -0.15) is 0 Å². The van der Waals surface area contributed by atoms with E-state index in [-0.39, 0.29) is 12.6 Å². The van der Waals surface area contributed by atoms with Crippen molar-refractivity contribution >= 4 is 39.3 Å². The van der Waals surface area contributed by atoms with E-state index in [9.17, 15) is 9.59 Å². The standard InChI is InChI=1S/C13H19BrN2O3S/c1-4-13(2,11(17)18)8-15-12(19)16(3)6-10-5-9(14)7-20-10/h5,7H,4,6,8H2,1-3H3,(H,15,19)(H,17,18). The Balaban J connectivity index is 2.52. The summed E-state index contributed by atoms with van der Waals surface area (Å²) in [4.78, 5) is 25.7. The molecule has 7 heteroatoms. The van der Waals surface area contributed by atoms with E-state index in [0.717, 1.165) is 9.35 Å². The zero-order chi connectivity index (χ0) is 15.3. The molecule has 1 rings (SSSR count). The van der Waals surface area contributed by atoms with Crippen molar-refractivity contribution < 1.29 is 14.7 Å². The van der Waals surface area contributed by atoms with Gasteiger partial charge >= 0.3 is 12.0 Å². The van der Waals surface area contributed by atoms with Crippen molar-refractivity contribution in [1.29, 1.82) is 0 Å². The summed E-state index contributed by atoms with van der Waals surface area (Å²) in [7, 11) is 1.69. The molecular weight excluding hydrogens is 344 g/mol. The van der Waals surface area contributed by atoms with Crippen molar-refractivity contribution in [1.82, 2.24) is 10.2 Å². The summed E-state index contributed by atoms with van der Waals surface area (Å²) in [5.74, 6) is -0.898. The first-order valence-electron chi connectivity index (χ1n) is 6.24. The molecule has 112 valence electrons. The highest BCUT2D eigenvalue weighted by molar-refractivity contribution is 9.10. The van der Waals surface area contributed by atoms with Crippen molar-refractivity contribution in [3.05, 3.63) is 20.8 Å². The minimum atomic E-state index is -0.928. The van der Waals surface area contributed by atoms with E-state index in [1.54, 1.807) is 32.2 Å². The molecule has 1 atom stereocenters. The summed E-state index contributed by atoms with van der Waals surface area (Å²) in [6.07, 6.45) is 0.462. The molecule has 0 aliphatic heterocycles. The second-order valence-corrected chi connectivity index (χ2v) is 6.88. The molecule has 0 aliphatic carbocycles. The van der Waals surface area contributed by atoms with Gasteiger partial charge in [0.05, 0.1) is 12.0 Å². The van der Waals surface area contributed by atoms with Gasteiger partial charge in [-0.15, -0.1) is 11.3 Å². The van der Waals surface area contributed by atoms with Crippen molar-refractivity contribution in [2.75, 3.05) is 13.6 Å². The number of halogens is 1. The molecule has 1 aromatic heterocycles. The Labute approximate surface area is 131 Å². The highest BCUT2D eigenvalue weighted by Gasteiger charge is 2.31. The monoisotopic (exact) mass is 362 g/mol. The van der Waals surface area contributed by atoms with Crippen LogP contribution in [0.5, 0.6) is 0 Å². The van der Waals surface area contributed by atoms with Crippen LogP contribution >= 0.6 is 27.3 Å². The maximum absolute atomic E-state index is 12.0. The quantitative estimate of drug-likeness (QED) is 0.816. The van der Waals surface area contributed by atoms with Crippen LogP contribution < -0.4 is 5.32 Å². The molecule has 0 bridgehead atoms. The number of hydrogen-bond acceptors (Lipinski definition) is 3. The van der Waals surface area contributed by atoms with Gasteiger partial charge in [-0.1, -0.05) is 6.92 Å². The molecule has 5 nitrogen and oxygen atoms in total. The van der Waals surface area contributed by atoms with E-state index >= 15 is 0 Å². The molecule has 0 aliphatic rings. The van der Waals surface area contributed by atoms with E-state index in [2.05, 4.69) is 21.2 Å². The average molecular weight is 363 g/mol. The van der Waals surface area contributed by atoms with Crippen molar-refractivity contribution in [2.24, 2.45) is 5.41 Å². The van der Waals surface area contributed by atoms with Crippen LogP contribution in [0.15, 0.2) is 15.9 Å². The van der Waals surface area contributed by atoms with Gasteiger partial charge in [0.25, 0.3) is 0 Å². The maximum atomic E-state index is 12.0. The molecule has 2 amide bonds. The zero-order valence-electron chi connectivity index (χ0n) is 11.8. The molecule has 0 aromatic carbocycles. The second kappa shape index (κ2) is 7.08. The fraction of sp³-hybridized carbons (Fsp3) is 0.538. The maximum Gasteiger partial charge on any atom is 0.317 e. The number of thiophene rings is 1. The first-order chi connectivity index (χ1) is 9.28. The molecule has 2 N–H and O–H groups in total. The summed E-state index contributed by atoms with van der Waals surface area (Å²) in [6.45, 7) is 4.05. The van der Waals surface area contributed by atoms with Crippen molar-refractivity contribution in [3.63, 3.8) is 0 Å². The lowest BCUT2D eigenvalue weighted by atomic mass is 9.88. The Morgan fingerprint density at radius 1 is 1.55 bits per heavy atom. The number of carboxylic acid groups (broad SMARTS) is 1. The van der Waals surface area contributed by atoms with Gasteiger partial charge in [-0.05, 0) is 35.3 Å². The fourth-order valence-corrected chi connectivity index (χ4v) is 3.00. The largest absolute Gasteiger partial charge is 0.481 e. The van der Waals surface area contributed by atoms with Crippen LogP contribution in [-0.4, -0.2) is 35.6 Å². The van der Waals surface area contributed by atoms with Gasteiger partial charge < -0.3 is 15.3 Å². The second-order valence-electron chi connectivity index (χ2n) is 4.97. The van der Waals surface area contributed by atoms with Gasteiger partial charge in [0, 0.05) is 28.3 Å². The van der Waals surface area contributed by atoms with Gasteiger partial charge in [0.2, 0.25) is 0 Å². The minimum absolute atomic E-state index is 0.121. The van der Waals surface area contributed by atoms with Gasteiger partial charge in [0.1, 0.15) is 0 Å². The number of aliphatic carboxylic acids is 1.